The molecule has 2 nitrogen and oxygen atoms in total. The van der Waals surface area contributed by atoms with Crippen LogP contribution in [-0.2, 0) is 0 Å². The van der Waals surface area contributed by atoms with E-state index in [9.17, 15) is 0 Å². The summed E-state index contributed by atoms with van der Waals surface area (Å²) < 4.78 is 9.67. The van der Waals surface area contributed by atoms with Crippen LogP contribution in [0, 0.1) is 0 Å². The predicted molar refractivity (Wildman–Crippen MR) is 192 cm³/mol. The quantitative estimate of drug-likeness (QED) is 0.187. The minimum atomic E-state index is 0.903. The highest BCUT2D eigenvalue weighted by atomic mass is 79.9. The van der Waals surface area contributed by atoms with E-state index in [-0.39, 0.29) is 0 Å². The average molecular weight is 641 g/mol. The molecule has 0 radical (unpaired) electrons. The van der Waals surface area contributed by atoms with E-state index in [2.05, 4.69) is 178 Å². The van der Waals surface area contributed by atoms with Gasteiger partial charge in [-0.15, -0.1) is 0 Å². The maximum absolute atomic E-state index is 6.22. The Kier molecular flexibility index (Phi) is 6.00. The molecule has 9 rings (SSSR count). The van der Waals surface area contributed by atoms with E-state index >= 15 is 0 Å². The van der Waals surface area contributed by atoms with Crippen molar-refractivity contribution in [3.8, 4) is 39.1 Å². The minimum absolute atomic E-state index is 0.903. The summed E-state index contributed by atoms with van der Waals surface area (Å²) in [7, 11) is 0. The lowest BCUT2D eigenvalue weighted by Gasteiger charge is -2.09. The molecule has 0 aliphatic carbocycles. The monoisotopic (exact) mass is 639 g/mol. The van der Waals surface area contributed by atoms with E-state index < -0.39 is 0 Å². The molecule has 0 bridgehead atoms. The number of nitrogens with zero attached hydrogens (tertiary/aromatic N) is 1. The molecule has 0 spiro atoms. The van der Waals surface area contributed by atoms with Gasteiger partial charge in [-0.25, -0.2) is 0 Å². The Bertz CT molecular complexity index is 2520. The summed E-state index contributed by atoms with van der Waals surface area (Å²) in [5, 5.41) is 4.79. The van der Waals surface area contributed by atoms with Gasteiger partial charge in [0.25, 0.3) is 0 Å². The fourth-order valence-corrected chi connectivity index (χ4v) is 6.90. The van der Waals surface area contributed by atoms with Crippen LogP contribution in [0.2, 0.25) is 0 Å². The molecule has 7 aromatic carbocycles. The highest BCUT2D eigenvalue weighted by molar-refractivity contribution is 9.10. The zero-order chi connectivity index (χ0) is 29.9. The van der Waals surface area contributed by atoms with Gasteiger partial charge in [-0.05, 0) is 94.0 Å². The van der Waals surface area contributed by atoms with E-state index in [1.807, 2.05) is 0 Å². The molecule has 212 valence electrons. The summed E-state index contributed by atoms with van der Waals surface area (Å²) in [5.41, 5.74) is 12.5. The Labute approximate surface area is 268 Å². The number of furan rings is 1. The molecule has 0 amide bonds. The van der Waals surface area contributed by atoms with E-state index in [0.717, 1.165) is 26.4 Å². The van der Waals surface area contributed by atoms with E-state index in [1.54, 1.807) is 0 Å². The second-order valence-electron chi connectivity index (χ2n) is 11.5. The molecule has 3 heteroatoms. The Morgan fingerprint density at radius 3 is 1.51 bits per heavy atom. The van der Waals surface area contributed by atoms with Crippen LogP contribution in [0.25, 0.3) is 82.8 Å². The van der Waals surface area contributed by atoms with Crippen molar-refractivity contribution in [1.29, 1.82) is 0 Å². The van der Waals surface area contributed by atoms with Crippen molar-refractivity contribution >= 4 is 59.7 Å². The van der Waals surface area contributed by atoms with Crippen LogP contribution in [0.1, 0.15) is 0 Å². The average Bonchev–Trinajstić information content (AvgIpc) is 3.63. The highest BCUT2D eigenvalue weighted by Gasteiger charge is 2.14. The molecule has 0 saturated carbocycles. The van der Waals surface area contributed by atoms with Crippen molar-refractivity contribution in [3.63, 3.8) is 0 Å². The molecule has 9 aromatic rings. The molecule has 45 heavy (non-hydrogen) atoms. The first kappa shape index (κ1) is 26.1. The SMILES string of the molecule is Brc1ccc(-c2ccc3oc4ccc(-c5ccc(-c6ccc7c8ccccc8n(-c8ccccc8)c7c6)cc5)cc4c3c2)cc1. The van der Waals surface area contributed by atoms with Crippen LogP contribution in [0.3, 0.4) is 0 Å². The van der Waals surface area contributed by atoms with E-state index in [0.29, 0.717) is 0 Å². The lowest BCUT2D eigenvalue weighted by Crippen LogP contribution is -1.93. The number of fused-ring (bicyclic) bond motifs is 6. The van der Waals surface area contributed by atoms with Gasteiger partial charge in [-0.3, -0.25) is 0 Å². The third kappa shape index (κ3) is 4.39. The Hall–Kier alpha value is -5.38. The van der Waals surface area contributed by atoms with Gasteiger partial charge in [0.15, 0.2) is 0 Å². The maximum Gasteiger partial charge on any atom is 0.135 e. The predicted octanol–water partition coefficient (Wildman–Crippen LogP) is 12.4. The van der Waals surface area contributed by atoms with Crippen LogP contribution in [-0.4, -0.2) is 4.57 Å². The molecule has 2 aromatic heterocycles. The van der Waals surface area contributed by atoms with Gasteiger partial charge in [0.05, 0.1) is 11.0 Å². The van der Waals surface area contributed by atoms with Crippen molar-refractivity contribution in [2.75, 3.05) is 0 Å². The molecule has 0 fully saturated rings. The molecular weight excluding hydrogens is 614 g/mol. The number of rotatable bonds is 4. The first-order chi connectivity index (χ1) is 22.2. The third-order valence-electron chi connectivity index (χ3n) is 8.89. The largest absolute Gasteiger partial charge is 0.456 e. The number of benzene rings is 7. The van der Waals surface area contributed by atoms with Crippen LogP contribution in [0.4, 0.5) is 0 Å². The number of hydrogen-bond donors (Lipinski definition) is 0. The molecule has 0 saturated heterocycles. The van der Waals surface area contributed by atoms with Gasteiger partial charge in [0.1, 0.15) is 11.2 Å². The van der Waals surface area contributed by atoms with Crippen molar-refractivity contribution in [2.45, 2.75) is 0 Å². The lowest BCUT2D eigenvalue weighted by atomic mass is 9.98. The summed E-state index contributed by atoms with van der Waals surface area (Å²) in [6, 6.07) is 56.4. The lowest BCUT2D eigenvalue weighted by molar-refractivity contribution is 0.669. The third-order valence-corrected chi connectivity index (χ3v) is 9.42. The van der Waals surface area contributed by atoms with Gasteiger partial charge < -0.3 is 8.98 Å². The van der Waals surface area contributed by atoms with Gasteiger partial charge in [0.2, 0.25) is 0 Å². The van der Waals surface area contributed by atoms with Crippen molar-refractivity contribution in [1.82, 2.24) is 4.57 Å². The Morgan fingerprint density at radius 1 is 0.378 bits per heavy atom. The van der Waals surface area contributed by atoms with Crippen LogP contribution < -0.4 is 0 Å². The van der Waals surface area contributed by atoms with E-state index in [1.165, 1.54) is 60.9 Å². The van der Waals surface area contributed by atoms with Gasteiger partial charge in [-0.1, -0.05) is 113 Å². The Morgan fingerprint density at radius 2 is 0.867 bits per heavy atom. The van der Waals surface area contributed by atoms with Crippen LogP contribution in [0.5, 0.6) is 0 Å². The summed E-state index contributed by atoms with van der Waals surface area (Å²) in [6.45, 7) is 0. The Balaban J connectivity index is 1.10. The number of aromatic nitrogens is 1. The summed E-state index contributed by atoms with van der Waals surface area (Å²) >= 11 is 3.54. The maximum atomic E-state index is 6.22. The van der Waals surface area contributed by atoms with Gasteiger partial charge in [0, 0.05) is 31.7 Å². The highest BCUT2D eigenvalue weighted by Crippen LogP contribution is 2.37. The smallest absolute Gasteiger partial charge is 0.135 e. The molecular formula is C42H26BrNO. The first-order valence-corrected chi connectivity index (χ1v) is 15.9. The minimum Gasteiger partial charge on any atom is -0.456 e. The van der Waals surface area contributed by atoms with Crippen molar-refractivity contribution < 1.29 is 4.42 Å². The van der Waals surface area contributed by atoms with Crippen molar-refractivity contribution in [3.05, 3.63) is 162 Å². The summed E-state index contributed by atoms with van der Waals surface area (Å²) in [6.07, 6.45) is 0. The zero-order valence-electron chi connectivity index (χ0n) is 24.2. The molecule has 0 aliphatic heterocycles. The fraction of sp³-hybridized carbons (Fsp3) is 0. The molecule has 0 atom stereocenters. The standard InChI is InChI=1S/C42H26BrNO/c43-33-19-14-29(15-20-33)31-18-23-42-38(25-31)37-24-30(17-22-41(37)45-42)27-10-12-28(13-11-27)32-16-21-36-35-8-4-5-9-39(35)44(40(36)26-32)34-6-2-1-3-7-34/h1-26H. The van der Waals surface area contributed by atoms with Crippen molar-refractivity contribution in [2.24, 2.45) is 0 Å². The van der Waals surface area contributed by atoms with Crippen LogP contribution >= 0.6 is 15.9 Å². The zero-order valence-corrected chi connectivity index (χ0v) is 25.8. The first-order valence-electron chi connectivity index (χ1n) is 15.1. The summed E-state index contributed by atoms with van der Waals surface area (Å²) in [4.78, 5) is 0. The summed E-state index contributed by atoms with van der Waals surface area (Å²) in [5.74, 6) is 0. The van der Waals surface area contributed by atoms with Gasteiger partial charge >= 0.3 is 0 Å². The number of hydrogen-bond acceptors (Lipinski definition) is 1. The van der Waals surface area contributed by atoms with E-state index in [4.69, 9.17) is 4.42 Å². The number of para-hydroxylation sites is 2. The van der Waals surface area contributed by atoms with Crippen LogP contribution in [0.15, 0.2) is 167 Å². The number of halogens is 1. The second-order valence-corrected chi connectivity index (χ2v) is 12.4. The second kappa shape index (κ2) is 10.4. The normalized spacial score (nSPS) is 11.7. The van der Waals surface area contributed by atoms with Gasteiger partial charge in [-0.2, -0.15) is 0 Å². The fourth-order valence-electron chi connectivity index (χ4n) is 6.64. The molecule has 0 unspecified atom stereocenters. The topological polar surface area (TPSA) is 18.1 Å². The molecule has 0 aliphatic rings. The molecule has 0 N–H and O–H groups in total. The molecule has 2 heterocycles.